The summed E-state index contributed by atoms with van der Waals surface area (Å²) in [5.41, 5.74) is 5.72. The van der Waals surface area contributed by atoms with Crippen LogP contribution >= 0.6 is 11.3 Å². The van der Waals surface area contributed by atoms with Gasteiger partial charge in [-0.05, 0) is 19.1 Å². The Hall–Kier alpha value is -1.46. The number of aromatic nitrogens is 2. The van der Waals surface area contributed by atoms with Crippen LogP contribution in [0, 0.1) is 0 Å². The molecule has 1 atom stereocenters. The third-order valence-electron chi connectivity index (χ3n) is 2.20. The minimum absolute atomic E-state index is 0.0451. The molecule has 5 heteroatoms. The lowest BCUT2D eigenvalue weighted by molar-refractivity contribution is 0.321. The molecule has 90 valence electrons. The Morgan fingerprint density at radius 2 is 2.06 bits per heavy atom. The molecule has 0 aliphatic heterocycles. The number of benzene rings is 1. The lowest BCUT2D eigenvalue weighted by atomic mass is 10.3. The smallest absolute Gasteiger partial charge is 0.133 e. The largest absolute Gasteiger partial charge is 0.493 e. The Kier molecular flexibility index (Phi) is 4.06. The fourth-order valence-electron chi connectivity index (χ4n) is 1.32. The van der Waals surface area contributed by atoms with Crippen LogP contribution in [0.2, 0.25) is 0 Å². The minimum Gasteiger partial charge on any atom is -0.493 e. The monoisotopic (exact) mass is 249 g/mol. The van der Waals surface area contributed by atoms with E-state index in [1.165, 1.54) is 0 Å². The average Bonchev–Trinajstić information content (AvgIpc) is 2.79. The molecule has 0 saturated carbocycles. The molecular weight excluding hydrogens is 234 g/mol. The summed E-state index contributed by atoms with van der Waals surface area (Å²) in [4.78, 5) is 0. The van der Waals surface area contributed by atoms with Gasteiger partial charge >= 0.3 is 0 Å². The van der Waals surface area contributed by atoms with Crippen LogP contribution in [0.25, 0.3) is 0 Å². The van der Waals surface area contributed by atoms with Gasteiger partial charge in [-0.3, -0.25) is 0 Å². The van der Waals surface area contributed by atoms with Crippen molar-refractivity contribution in [2.45, 2.75) is 19.4 Å². The number of para-hydroxylation sites is 1. The average molecular weight is 249 g/mol. The molecule has 2 N–H and O–H groups in total. The van der Waals surface area contributed by atoms with E-state index >= 15 is 0 Å². The van der Waals surface area contributed by atoms with E-state index in [0.29, 0.717) is 6.61 Å². The van der Waals surface area contributed by atoms with E-state index in [-0.39, 0.29) is 6.04 Å². The minimum atomic E-state index is -0.0451. The van der Waals surface area contributed by atoms with E-state index in [0.717, 1.165) is 22.2 Å². The Balaban J connectivity index is 1.82. The maximum atomic E-state index is 5.72. The van der Waals surface area contributed by atoms with Gasteiger partial charge in [0.2, 0.25) is 0 Å². The molecule has 0 bridgehead atoms. The van der Waals surface area contributed by atoms with Crippen LogP contribution in [0.4, 0.5) is 0 Å². The second kappa shape index (κ2) is 5.75. The highest BCUT2D eigenvalue weighted by molar-refractivity contribution is 7.11. The van der Waals surface area contributed by atoms with Gasteiger partial charge in [-0.25, -0.2) is 0 Å². The van der Waals surface area contributed by atoms with Crippen molar-refractivity contribution < 1.29 is 4.74 Å². The van der Waals surface area contributed by atoms with Crippen LogP contribution in [-0.2, 0) is 6.42 Å². The van der Waals surface area contributed by atoms with E-state index < -0.39 is 0 Å². The van der Waals surface area contributed by atoms with Gasteiger partial charge in [-0.1, -0.05) is 29.5 Å². The fraction of sp³-hybridized carbons (Fsp3) is 0.333. The number of nitrogens with zero attached hydrogens (tertiary/aromatic N) is 2. The summed E-state index contributed by atoms with van der Waals surface area (Å²) in [6.45, 7) is 2.52. The van der Waals surface area contributed by atoms with Crippen molar-refractivity contribution >= 4 is 11.3 Å². The first-order valence-corrected chi connectivity index (χ1v) is 6.33. The first kappa shape index (κ1) is 12.0. The molecule has 17 heavy (non-hydrogen) atoms. The number of rotatable bonds is 5. The molecule has 1 heterocycles. The van der Waals surface area contributed by atoms with Crippen LogP contribution in [0.5, 0.6) is 5.75 Å². The van der Waals surface area contributed by atoms with Gasteiger partial charge in [0.05, 0.1) is 12.6 Å². The molecule has 2 aromatic rings. The van der Waals surface area contributed by atoms with Crippen molar-refractivity contribution in [3.63, 3.8) is 0 Å². The highest BCUT2D eigenvalue weighted by Crippen LogP contribution is 2.16. The van der Waals surface area contributed by atoms with Crippen molar-refractivity contribution in [3.8, 4) is 5.75 Å². The van der Waals surface area contributed by atoms with Gasteiger partial charge in [0.1, 0.15) is 15.8 Å². The van der Waals surface area contributed by atoms with Crippen LogP contribution in [0.15, 0.2) is 30.3 Å². The summed E-state index contributed by atoms with van der Waals surface area (Å²) in [5.74, 6) is 0.879. The number of hydrogen-bond donors (Lipinski definition) is 1. The van der Waals surface area contributed by atoms with Crippen molar-refractivity contribution in [2.24, 2.45) is 5.73 Å². The van der Waals surface area contributed by atoms with Crippen LogP contribution < -0.4 is 10.5 Å². The summed E-state index contributed by atoms with van der Waals surface area (Å²) in [7, 11) is 0. The molecule has 1 aromatic carbocycles. The molecule has 0 amide bonds. The van der Waals surface area contributed by atoms with E-state index in [1.54, 1.807) is 11.3 Å². The zero-order valence-corrected chi connectivity index (χ0v) is 10.5. The van der Waals surface area contributed by atoms with Crippen molar-refractivity contribution in [3.05, 3.63) is 40.3 Å². The molecule has 4 nitrogen and oxygen atoms in total. The van der Waals surface area contributed by atoms with Crippen molar-refractivity contribution in [2.75, 3.05) is 6.61 Å². The van der Waals surface area contributed by atoms with Gasteiger partial charge in [-0.15, -0.1) is 10.2 Å². The fourth-order valence-corrected chi connectivity index (χ4v) is 2.10. The third kappa shape index (κ3) is 3.51. The van der Waals surface area contributed by atoms with Gasteiger partial charge in [-0.2, -0.15) is 0 Å². The lowest BCUT2D eigenvalue weighted by Gasteiger charge is -2.03. The SMILES string of the molecule is CC(N)c1nnc(CCOc2ccccc2)s1. The Labute approximate surface area is 104 Å². The molecule has 0 aliphatic rings. The van der Waals surface area contributed by atoms with Crippen LogP contribution in [-0.4, -0.2) is 16.8 Å². The predicted molar refractivity (Wildman–Crippen MR) is 68.2 cm³/mol. The third-order valence-corrected chi connectivity index (χ3v) is 3.38. The van der Waals surface area contributed by atoms with Crippen molar-refractivity contribution in [1.82, 2.24) is 10.2 Å². The topological polar surface area (TPSA) is 61.0 Å². The normalized spacial score (nSPS) is 12.4. The lowest BCUT2D eigenvalue weighted by Crippen LogP contribution is -2.03. The van der Waals surface area contributed by atoms with Gasteiger partial charge < -0.3 is 10.5 Å². The number of hydrogen-bond acceptors (Lipinski definition) is 5. The van der Waals surface area contributed by atoms with Gasteiger partial charge in [0, 0.05) is 6.42 Å². The predicted octanol–water partition coefficient (Wildman–Crippen LogP) is 2.18. The molecule has 0 saturated heterocycles. The second-order valence-corrected chi connectivity index (χ2v) is 4.83. The van der Waals surface area contributed by atoms with Gasteiger partial charge in [0.25, 0.3) is 0 Å². The zero-order valence-electron chi connectivity index (χ0n) is 9.67. The first-order chi connectivity index (χ1) is 8.25. The molecular formula is C12H15N3OS. The Bertz CT molecular complexity index is 456. The van der Waals surface area contributed by atoms with Crippen molar-refractivity contribution in [1.29, 1.82) is 0 Å². The molecule has 0 radical (unpaired) electrons. The standard InChI is InChI=1S/C12H15N3OS/c1-9(13)12-15-14-11(17-12)7-8-16-10-5-3-2-4-6-10/h2-6,9H,7-8,13H2,1H3. The molecule has 1 aromatic heterocycles. The second-order valence-electron chi connectivity index (χ2n) is 3.73. The highest BCUT2D eigenvalue weighted by Gasteiger charge is 2.07. The van der Waals surface area contributed by atoms with E-state index in [2.05, 4.69) is 10.2 Å². The van der Waals surface area contributed by atoms with Gasteiger partial charge in [0.15, 0.2) is 0 Å². The summed E-state index contributed by atoms with van der Waals surface area (Å²) >= 11 is 1.55. The molecule has 0 spiro atoms. The summed E-state index contributed by atoms with van der Waals surface area (Å²) in [6, 6.07) is 9.70. The maximum Gasteiger partial charge on any atom is 0.133 e. The number of ether oxygens (including phenoxy) is 1. The summed E-state index contributed by atoms with van der Waals surface area (Å²) in [6.07, 6.45) is 0.763. The highest BCUT2D eigenvalue weighted by atomic mass is 32.1. The van der Waals surface area contributed by atoms with E-state index in [9.17, 15) is 0 Å². The molecule has 0 fully saturated rings. The Morgan fingerprint density at radius 3 is 2.71 bits per heavy atom. The molecule has 2 rings (SSSR count). The maximum absolute atomic E-state index is 5.72. The van der Waals surface area contributed by atoms with Crippen LogP contribution in [0.3, 0.4) is 0 Å². The Morgan fingerprint density at radius 1 is 1.29 bits per heavy atom. The number of nitrogens with two attached hydrogens (primary N) is 1. The summed E-state index contributed by atoms with van der Waals surface area (Å²) < 4.78 is 5.59. The van der Waals surface area contributed by atoms with Crippen LogP contribution in [0.1, 0.15) is 23.0 Å². The quantitative estimate of drug-likeness (QED) is 0.882. The summed E-state index contributed by atoms with van der Waals surface area (Å²) in [5, 5.41) is 9.95. The van der Waals surface area contributed by atoms with E-state index in [4.69, 9.17) is 10.5 Å². The molecule has 0 aliphatic carbocycles. The molecule has 1 unspecified atom stereocenters. The van der Waals surface area contributed by atoms with E-state index in [1.807, 2.05) is 37.3 Å². The first-order valence-electron chi connectivity index (χ1n) is 5.51. The zero-order chi connectivity index (χ0) is 12.1.